The van der Waals surface area contributed by atoms with Gasteiger partial charge in [-0.2, -0.15) is 16.8 Å². The Hall–Kier alpha value is -3.80. The Morgan fingerprint density at radius 3 is 1.48 bits per heavy atom. The number of piperidine rings is 2. The Labute approximate surface area is 388 Å². The van der Waals surface area contributed by atoms with Gasteiger partial charge in [0.05, 0.1) is 0 Å². The summed E-state index contributed by atoms with van der Waals surface area (Å²) in [6, 6.07) is 12.4. The highest BCUT2D eigenvalue weighted by molar-refractivity contribution is 7.87. The minimum Gasteiger partial charge on any atom is -0.379 e. The molecule has 2 atom stereocenters. The molecule has 14 nitrogen and oxygen atoms in total. The van der Waals surface area contributed by atoms with Gasteiger partial charge < -0.3 is 27.6 Å². The third kappa shape index (κ3) is 12.4. The first-order valence-electron chi connectivity index (χ1n) is 24.0. The molecule has 0 bridgehead atoms. The molecule has 4 aromatic rings. The van der Waals surface area contributed by atoms with Crippen LogP contribution in [0.15, 0.2) is 55.2 Å². The van der Waals surface area contributed by atoms with Crippen LogP contribution >= 0.6 is 0 Å². The van der Waals surface area contributed by atoms with E-state index in [4.69, 9.17) is 17.4 Å². The van der Waals surface area contributed by atoms with Crippen molar-refractivity contribution in [2.75, 3.05) is 59.4 Å². The first-order valence-corrected chi connectivity index (χ1v) is 26.8. The van der Waals surface area contributed by atoms with Crippen molar-refractivity contribution < 1.29 is 34.2 Å². The van der Waals surface area contributed by atoms with E-state index in [2.05, 4.69) is 51.2 Å². The van der Waals surface area contributed by atoms with Crippen molar-refractivity contribution in [2.24, 2.45) is 11.8 Å². The standard InChI is InChI=1S/C25H37N3O4S.C24H35N3O4S/c1-5-12-28(17-20-10-13-27(4)14-11-20)23-8-6-21-7-9-24(16-22(21)15-23)32-33(29,30)25-18(2)26-31-19(25)3;1-4-13-27(16-19-9-11-25-12-10-19)22-7-5-20-6-8-23(15-21(20)14-22)31-32(28,29)24-17(2)26-30-18(24)3/h7,9,16,20,23H,5-6,8,10-15,17H2,1-4H3;6,8,15,19,22,25H,4-5,7,9-14,16H2,1-3H3. The third-order valence-corrected chi connectivity index (χ3v) is 16.9. The van der Waals surface area contributed by atoms with E-state index in [9.17, 15) is 16.8 Å². The molecule has 4 heterocycles. The molecule has 8 rings (SSSR count). The van der Waals surface area contributed by atoms with E-state index in [-0.39, 0.29) is 21.3 Å². The van der Waals surface area contributed by atoms with Gasteiger partial charge in [-0.25, -0.2) is 0 Å². The van der Waals surface area contributed by atoms with E-state index in [1.165, 1.54) is 61.0 Å². The molecule has 0 spiro atoms. The Balaban J connectivity index is 0.000000194. The lowest BCUT2D eigenvalue weighted by Crippen LogP contribution is -2.44. The van der Waals surface area contributed by atoms with Gasteiger partial charge in [0.25, 0.3) is 0 Å². The SMILES string of the molecule is CCCN(CC1CCN(C)CC1)C1CCc2ccc(OS(=O)(=O)c3c(C)noc3C)cc2C1.CCCN(CC1CCNCC1)C1CCc2ccc(OS(=O)(=O)c3c(C)noc3C)cc2C1. The maximum atomic E-state index is 12.8. The third-order valence-electron chi connectivity index (χ3n) is 13.9. The average Bonchev–Trinajstić information content (AvgIpc) is 3.82. The quantitative estimate of drug-likeness (QED) is 0.109. The van der Waals surface area contributed by atoms with Crippen molar-refractivity contribution >= 4 is 20.2 Å². The highest BCUT2D eigenvalue weighted by Gasteiger charge is 2.32. The number of benzene rings is 2. The van der Waals surface area contributed by atoms with Crippen molar-refractivity contribution in [2.45, 2.75) is 140 Å². The molecule has 65 heavy (non-hydrogen) atoms. The van der Waals surface area contributed by atoms with Gasteiger partial charge in [-0.15, -0.1) is 0 Å². The van der Waals surface area contributed by atoms with Gasteiger partial charge in [0, 0.05) is 25.2 Å². The van der Waals surface area contributed by atoms with Gasteiger partial charge in [0.1, 0.15) is 22.9 Å². The number of nitrogens with zero attached hydrogens (tertiary/aromatic N) is 5. The minimum absolute atomic E-state index is 0.0178. The zero-order valence-electron chi connectivity index (χ0n) is 39.7. The van der Waals surface area contributed by atoms with E-state index in [0.717, 1.165) is 102 Å². The predicted octanol–water partition coefficient (Wildman–Crippen LogP) is 7.60. The molecule has 16 heteroatoms. The molecule has 358 valence electrons. The highest BCUT2D eigenvalue weighted by atomic mass is 32.2. The second kappa shape index (κ2) is 21.9. The molecular formula is C49H72N6O8S2. The molecule has 1 N–H and O–H groups in total. The van der Waals surface area contributed by atoms with Crippen molar-refractivity contribution in [1.29, 1.82) is 0 Å². The summed E-state index contributed by atoms with van der Waals surface area (Å²) in [6.45, 7) is 20.1. The van der Waals surface area contributed by atoms with Crippen LogP contribution in [0.1, 0.15) is 110 Å². The van der Waals surface area contributed by atoms with Crippen LogP contribution in [0, 0.1) is 39.5 Å². The lowest BCUT2D eigenvalue weighted by molar-refractivity contribution is 0.119. The number of aryl methyl sites for hydroxylation is 6. The van der Waals surface area contributed by atoms with Gasteiger partial charge in [0.15, 0.2) is 21.3 Å². The van der Waals surface area contributed by atoms with Crippen molar-refractivity contribution in [1.82, 2.24) is 30.3 Å². The van der Waals surface area contributed by atoms with Crippen LogP contribution < -0.4 is 13.7 Å². The monoisotopic (exact) mass is 936 g/mol. The van der Waals surface area contributed by atoms with Crippen LogP contribution in [0.3, 0.4) is 0 Å². The fourth-order valence-corrected chi connectivity index (χ4v) is 13.0. The Morgan fingerprint density at radius 2 is 1.08 bits per heavy atom. The molecule has 2 unspecified atom stereocenters. The maximum absolute atomic E-state index is 12.8. The number of aromatic nitrogens is 2. The van der Waals surface area contributed by atoms with E-state index in [1.54, 1.807) is 39.8 Å². The van der Waals surface area contributed by atoms with E-state index >= 15 is 0 Å². The number of hydrogen-bond acceptors (Lipinski definition) is 14. The molecule has 2 aromatic carbocycles. The zero-order chi connectivity index (χ0) is 46.3. The van der Waals surface area contributed by atoms with Crippen molar-refractivity contribution in [3.8, 4) is 11.5 Å². The van der Waals surface area contributed by atoms with E-state index < -0.39 is 20.2 Å². The molecule has 4 aliphatic rings. The van der Waals surface area contributed by atoms with Gasteiger partial charge in [-0.05, 0) is 209 Å². The molecular weight excluding hydrogens is 865 g/mol. The van der Waals surface area contributed by atoms with Crippen LogP contribution in [0.25, 0.3) is 0 Å². The first-order chi connectivity index (χ1) is 31.1. The molecule has 2 aliphatic heterocycles. The van der Waals surface area contributed by atoms with Gasteiger partial charge in [0.2, 0.25) is 0 Å². The second-order valence-corrected chi connectivity index (χ2v) is 21.9. The van der Waals surface area contributed by atoms with Crippen molar-refractivity contribution in [3.63, 3.8) is 0 Å². The van der Waals surface area contributed by atoms with E-state index in [1.807, 2.05) is 24.3 Å². The first kappa shape index (κ1) is 49.1. The summed E-state index contributed by atoms with van der Waals surface area (Å²) in [5.74, 6) is 2.72. The van der Waals surface area contributed by atoms with Crippen molar-refractivity contribution in [3.05, 3.63) is 81.6 Å². The number of likely N-dealkylation sites (tertiary alicyclic amines) is 1. The number of rotatable bonds is 16. The fraction of sp³-hybridized carbons (Fsp3) is 0.633. The molecule has 2 aromatic heterocycles. The molecule has 0 amide bonds. The highest BCUT2D eigenvalue weighted by Crippen LogP contribution is 2.34. The Morgan fingerprint density at radius 1 is 0.646 bits per heavy atom. The largest absolute Gasteiger partial charge is 0.379 e. The summed E-state index contributed by atoms with van der Waals surface area (Å²) in [5.41, 5.74) is 5.61. The zero-order valence-corrected chi connectivity index (χ0v) is 41.4. The van der Waals surface area contributed by atoms with Gasteiger partial charge in [-0.3, -0.25) is 9.80 Å². The molecule has 2 saturated heterocycles. The van der Waals surface area contributed by atoms with Crippen LogP contribution in [0.5, 0.6) is 11.5 Å². The topological polar surface area (TPSA) is 161 Å². The van der Waals surface area contributed by atoms with E-state index in [0.29, 0.717) is 35.0 Å². The van der Waals surface area contributed by atoms with Crippen LogP contribution in [-0.2, 0) is 45.9 Å². The maximum Gasteiger partial charge on any atom is 0.344 e. The number of fused-ring (bicyclic) bond motifs is 2. The normalized spacial score (nSPS) is 20.0. The minimum atomic E-state index is -3.99. The molecule has 2 fully saturated rings. The molecule has 0 saturated carbocycles. The smallest absolute Gasteiger partial charge is 0.344 e. The number of hydrogen-bond donors (Lipinski definition) is 1. The Kier molecular flexibility index (Phi) is 16.5. The van der Waals surface area contributed by atoms with Gasteiger partial charge in [-0.1, -0.05) is 36.3 Å². The second-order valence-electron chi connectivity index (χ2n) is 19.0. The lowest BCUT2D eigenvalue weighted by atomic mass is 9.86. The van der Waals surface area contributed by atoms with Crippen LogP contribution in [0.2, 0.25) is 0 Å². The molecule has 2 aliphatic carbocycles. The van der Waals surface area contributed by atoms with Crippen LogP contribution in [-0.4, -0.2) is 113 Å². The summed E-state index contributed by atoms with van der Waals surface area (Å²) in [4.78, 5) is 7.82. The summed E-state index contributed by atoms with van der Waals surface area (Å²) < 4.78 is 72.3. The Bertz CT molecular complexity index is 2380. The molecule has 0 radical (unpaired) electrons. The predicted molar refractivity (Wildman–Crippen MR) is 252 cm³/mol. The fourth-order valence-electron chi connectivity index (χ4n) is 10.5. The summed E-state index contributed by atoms with van der Waals surface area (Å²) >= 11 is 0. The summed E-state index contributed by atoms with van der Waals surface area (Å²) in [6.07, 6.45) is 13.5. The van der Waals surface area contributed by atoms with Crippen LogP contribution in [0.4, 0.5) is 0 Å². The van der Waals surface area contributed by atoms with Gasteiger partial charge >= 0.3 is 20.2 Å². The summed E-state index contributed by atoms with van der Waals surface area (Å²) in [7, 11) is -5.77. The number of nitrogens with one attached hydrogen (secondary N) is 1. The average molecular weight is 937 g/mol. The summed E-state index contributed by atoms with van der Waals surface area (Å²) in [5, 5.41) is 11.0. The lowest BCUT2D eigenvalue weighted by Gasteiger charge is -2.39.